The van der Waals surface area contributed by atoms with Gasteiger partial charge in [0.25, 0.3) is 5.56 Å². The highest BCUT2D eigenvalue weighted by Gasteiger charge is 2.24. The first-order valence-electron chi connectivity index (χ1n) is 11.9. The first-order valence-corrected chi connectivity index (χ1v) is 14.1. The molecule has 1 aromatic heterocycles. The highest BCUT2D eigenvalue weighted by molar-refractivity contribution is 7.90. The fourth-order valence-corrected chi connectivity index (χ4v) is 4.91. The van der Waals surface area contributed by atoms with Gasteiger partial charge in [-0.3, -0.25) is 4.79 Å². The van der Waals surface area contributed by atoms with Gasteiger partial charge in [0.2, 0.25) is 0 Å². The Hall–Kier alpha value is -3.35. The summed E-state index contributed by atoms with van der Waals surface area (Å²) in [5.74, 6) is 0.779. The van der Waals surface area contributed by atoms with E-state index in [2.05, 4.69) is 38.1 Å². The fraction of sp³-hybridized carbons (Fsp3) is 0.233. The Morgan fingerprint density at radius 3 is 1.89 bits per heavy atom. The summed E-state index contributed by atoms with van der Waals surface area (Å²) in [5, 5.41) is 0.718. The summed E-state index contributed by atoms with van der Waals surface area (Å²) in [4.78, 5) is 13.0. The lowest BCUT2D eigenvalue weighted by atomic mass is 9.87. The Labute approximate surface area is 224 Å². The molecule has 0 fully saturated rings. The summed E-state index contributed by atoms with van der Waals surface area (Å²) in [6, 6.07) is 27.9. The zero-order valence-electron chi connectivity index (χ0n) is 21.7. The van der Waals surface area contributed by atoms with Crippen LogP contribution in [0.1, 0.15) is 41.3 Å². The lowest BCUT2D eigenvalue weighted by Crippen LogP contribution is -2.29. The maximum absolute atomic E-state index is 12.7. The van der Waals surface area contributed by atoms with Gasteiger partial charge in [0.15, 0.2) is 9.84 Å². The van der Waals surface area contributed by atoms with Crippen molar-refractivity contribution in [2.24, 2.45) is 0 Å². The highest BCUT2D eigenvalue weighted by atomic mass is 35.5. The second kappa shape index (κ2) is 12.3. The van der Waals surface area contributed by atoms with E-state index in [4.69, 9.17) is 16.3 Å². The first kappa shape index (κ1) is 28.2. The van der Waals surface area contributed by atoms with Crippen LogP contribution in [0.3, 0.4) is 0 Å². The van der Waals surface area contributed by atoms with Crippen molar-refractivity contribution in [1.82, 2.24) is 4.57 Å². The summed E-state index contributed by atoms with van der Waals surface area (Å²) < 4.78 is 28.8. The molecule has 5 nitrogen and oxygen atoms in total. The normalized spacial score (nSPS) is 12.7. The highest BCUT2D eigenvalue weighted by Crippen LogP contribution is 2.34. The lowest BCUT2D eigenvalue weighted by molar-refractivity contribution is 0.414. The number of sulfone groups is 1. The molecule has 37 heavy (non-hydrogen) atoms. The van der Waals surface area contributed by atoms with Crippen LogP contribution in [0.25, 0.3) is 0 Å². The van der Waals surface area contributed by atoms with Crippen LogP contribution >= 0.6 is 11.6 Å². The van der Waals surface area contributed by atoms with Crippen LogP contribution in [0.4, 0.5) is 0 Å². The van der Waals surface area contributed by atoms with Crippen LogP contribution < -0.4 is 10.3 Å². The molecule has 0 aliphatic carbocycles. The van der Waals surface area contributed by atoms with Crippen LogP contribution in [0.5, 0.6) is 5.75 Å². The number of nitrogens with zero attached hydrogens (tertiary/aromatic N) is 1. The molecular formula is C30H32ClNO4S. The second-order valence-corrected chi connectivity index (χ2v) is 11.5. The number of hydrogen-bond donors (Lipinski definition) is 0. The van der Waals surface area contributed by atoms with Crippen molar-refractivity contribution in [3.8, 4) is 5.75 Å². The SMILES string of the molecule is COc1ccc(S(C)(=O)=O)cc1.Cc1ccc([C@@H]([C@H](C)c2ccc(Cl)cc2)n2c(C)cccc2=O)cc1. The van der Waals surface area contributed by atoms with Gasteiger partial charge in [0.1, 0.15) is 5.75 Å². The molecule has 0 unspecified atom stereocenters. The lowest BCUT2D eigenvalue weighted by Gasteiger charge is -2.29. The van der Waals surface area contributed by atoms with Crippen LogP contribution in [0.2, 0.25) is 5.02 Å². The number of ether oxygens (including phenoxy) is 1. The van der Waals surface area contributed by atoms with Crippen molar-refractivity contribution in [2.45, 2.75) is 37.6 Å². The van der Waals surface area contributed by atoms with Gasteiger partial charge in [-0.25, -0.2) is 8.42 Å². The van der Waals surface area contributed by atoms with Crippen LogP contribution in [-0.2, 0) is 9.84 Å². The summed E-state index contributed by atoms with van der Waals surface area (Å²) >= 11 is 6.04. The van der Waals surface area contributed by atoms with Crippen molar-refractivity contribution >= 4 is 21.4 Å². The van der Waals surface area contributed by atoms with Crippen molar-refractivity contribution in [3.05, 3.63) is 129 Å². The number of methoxy groups -OCH3 is 1. The summed E-state index contributed by atoms with van der Waals surface area (Å²) in [5.41, 5.74) is 4.47. The van der Waals surface area contributed by atoms with E-state index in [0.717, 1.165) is 21.8 Å². The number of halogens is 1. The minimum atomic E-state index is -3.08. The third kappa shape index (κ3) is 7.34. The molecule has 0 aliphatic rings. The molecule has 0 radical (unpaired) electrons. The topological polar surface area (TPSA) is 65.4 Å². The zero-order chi connectivity index (χ0) is 27.2. The summed E-state index contributed by atoms with van der Waals surface area (Å²) in [6.07, 6.45) is 1.18. The molecule has 0 aliphatic heterocycles. The van der Waals surface area contributed by atoms with E-state index < -0.39 is 9.84 Å². The Bertz CT molecular complexity index is 1480. The maximum atomic E-state index is 12.7. The van der Waals surface area contributed by atoms with Crippen molar-refractivity contribution in [1.29, 1.82) is 0 Å². The molecule has 0 saturated heterocycles. The number of aromatic nitrogens is 1. The molecule has 7 heteroatoms. The number of aryl methyl sites for hydroxylation is 2. The first-order chi connectivity index (χ1) is 17.5. The van der Waals surface area contributed by atoms with Gasteiger partial charge < -0.3 is 9.30 Å². The van der Waals surface area contributed by atoms with Gasteiger partial charge in [-0.05, 0) is 67.4 Å². The van der Waals surface area contributed by atoms with E-state index in [1.165, 1.54) is 31.1 Å². The minimum Gasteiger partial charge on any atom is -0.497 e. The van der Waals surface area contributed by atoms with E-state index in [9.17, 15) is 13.2 Å². The average molecular weight is 538 g/mol. The Kier molecular flexibility index (Phi) is 9.35. The molecule has 0 amide bonds. The fourth-order valence-electron chi connectivity index (χ4n) is 4.16. The van der Waals surface area contributed by atoms with Gasteiger partial charge in [-0.15, -0.1) is 0 Å². The zero-order valence-corrected chi connectivity index (χ0v) is 23.3. The standard InChI is InChI=1S/C22H22ClNO.C8H10O3S/c1-15-7-9-19(10-8-15)22(24-16(2)5-4-6-21(24)25)17(3)18-11-13-20(23)14-12-18;1-11-7-3-5-8(6-4-7)12(2,9)10/h4-14,17,22H,1-3H3;3-6H,1-2H3/t17-,22-;/m1./s1. The van der Waals surface area contributed by atoms with Crippen molar-refractivity contribution in [3.63, 3.8) is 0 Å². The van der Waals surface area contributed by atoms with Crippen molar-refractivity contribution in [2.75, 3.05) is 13.4 Å². The molecule has 0 bridgehead atoms. The van der Waals surface area contributed by atoms with Crippen LogP contribution in [0.15, 0.2) is 101 Å². The van der Waals surface area contributed by atoms with Crippen LogP contribution in [0, 0.1) is 13.8 Å². The van der Waals surface area contributed by atoms with E-state index in [1.807, 2.05) is 47.9 Å². The third-order valence-corrected chi connectivity index (χ3v) is 7.63. The largest absolute Gasteiger partial charge is 0.497 e. The van der Waals surface area contributed by atoms with Gasteiger partial charge in [0, 0.05) is 29.0 Å². The molecule has 0 N–H and O–H groups in total. The number of hydrogen-bond acceptors (Lipinski definition) is 4. The molecular weight excluding hydrogens is 506 g/mol. The van der Waals surface area contributed by atoms with Crippen molar-refractivity contribution < 1.29 is 13.2 Å². The molecule has 0 saturated carbocycles. The number of rotatable bonds is 6. The number of benzene rings is 3. The smallest absolute Gasteiger partial charge is 0.251 e. The molecule has 4 rings (SSSR count). The Morgan fingerprint density at radius 2 is 1.38 bits per heavy atom. The summed E-state index contributed by atoms with van der Waals surface area (Å²) in [7, 11) is -1.55. The van der Waals surface area contributed by atoms with Gasteiger partial charge in [-0.1, -0.05) is 66.6 Å². The van der Waals surface area contributed by atoms with E-state index in [1.54, 1.807) is 18.2 Å². The molecule has 0 spiro atoms. The third-order valence-electron chi connectivity index (χ3n) is 6.25. The monoisotopic (exact) mass is 537 g/mol. The van der Waals surface area contributed by atoms with E-state index in [-0.39, 0.29) is 17.5 Å². The molecule has 4 aromatic rings. The predicted molar refractivity (Wildman–Crippen MR) is 151 cm³/mol. The summed E-state index contributed by atoms with van der Waals surface area (Å²) in [6.45, 7) is 6.21. The van der Waals surface area contributed by atoms with E-state index >= 15 is 0 Å². The van der Waals surface area contributed by atoms with Gasteiger partial charge in [-0.2, -0.15) is 0 Å². The quantitative estimate of drug-likeness (QED) is 0.277. The Balaban J connectivity index is 0.000000266. The van der Waals surface area contributed by atoms with Gasteiger partial charge >= 0.3 is 0 Å². The molecule has 194 valence electrons. The maximum Gasteiger partial charge on any atom is 0.251 e. The predicted octanol–water partition coefficient (Wildman–Crippen LogP) is 6.61. The number of pyridine rings is 1. The molecule has 3 aromatic carbocycles. The molecule has 1 heterocycles. The second-order valence-electron chi connectivity index (χ2n) is 9.02. The minimum absolute atomic E-state index is 0.0198. The molecule has 2 atom stereocenters. The Morgan fingerprint density at radius 1 is 0.811 bits per heavy atom. The van der Waals surface area contributed by atoms with Crippen LogP contribution in [-0.4, -0.2) is 26.4 Å². The van der Waals surface area contributed by atoms with Gasteiger partial charge in [0.05, 0.1) is 18.0 Å². The van der Waals surface area contributed by atoms with E-state index in [0.29, 0.717) is 10.6 Å². The average Bonchev–Trinajstić information content (AvgIpc) is 2.87.